The number of nitrogens with zero attached hydrogens (tertiary/aromatic N) is 4. The molecule has 0 aliphatic carbocycles. The van der Waals surface area contributed by atoms with E-state index in [2.05, 4.69) is 60.4 Å². The number of fused-ring (bicyclic) bond motifs is 1. The van der Waals surface area contributed by atoms with Crippen LogP contribution in [0.25, 0.3) is 5.69 Å². The molecule has 0 N–H and O–H groups in total. The Morgan fingerprint density at radius 1 is 1.28 bits per heavy atom. The first kappa shape index (κ1) is 16.7. The lowest BCUT2D eigenvalue weighted by Crippen LogP contribution is -2.35. The fraction of sp³-hybridized carbons (Fsp3) is 0.368. The molecule has 1 aliphatic heterocycles. The number of hydrogen-bond donors (Lipinski definition) is 0. The summed E-state index contributed by atoms with van der Waals surface area (Å²) in [6.45, 7) is 8.28. The van der Waals surface area contributed by atoms with E-state index in [1.807, 2.05) is 26.9 Å². The molecule has 4 nitrogen and oxygen atoms in total. The van der Waals surface area contributed by atoms with Gasteiger partial charge in [0.05, 0.1) is 12.4 Å². The molecule has 130 valence electrons. The first-order valence-electron chi connectivity index (χ1n) is 8.57. The van der Waals surface area contributed by atoms with E-state index >= 15 is 0 Å². The first-order valence-corrected chi connectivity index (χ1v) is 9.86. The molecule has 0 amide bonds. The molecule has 6 heteroatoms. The van der Waals surface area contributed by atoms with Crippen LogP contribution in [0.15, 0.2) is 36.0 Å². The summed E-state index contributed by atoms with van der Waals surface area (Å²) in [7, 11) is 0. The van der Waals surface area contributed by atoms with Gasteiger partial charge in [-0.3, -0.25) is 9.47 Å². The minimum absolute atomic E-state index is 0.406. The lowest BCUT2D eigenvalue weighted by atomic mass is 10.0. The van der Waals surface area contributed by atoms with Gasteiger partial charge in [0.25, 0.3) is 0 Å². The maximum Gasteiger partial charge on any atom is 0.203 e. The second kappa shape index (κ2) is 6.52. The number of thiophene rings is 1. The summed E-state index contributed by atoms with van der Waals surface area (Å²) in [6.07, 6.45) is 2.95. The van der Waals surface area contributed by atoms with Crippen LogP contribution in [-0.2, 0) is 13.1 Å². The lowest BCUT2D eigenvalue weighted by molar-refractivity contribution is 0.144. The minimum Gasteiger partial charge on any atom is -0.277 e. The van der Waals surface area contributed by atoms with Crippen molar-refractivity contribution in [2.24, 2.45) is 0 Å². The Labute approximate surface area is 157 Å². The SMILES string of the molecule is Cc1ccc(-n2cnn(CN3CCc4sccc4C3C)c2=S)c(C)c1. The first-order chi connectivity index (χ1) is 12.0. The fourth-order valence-corrected chi connectivity index (χ4v) is 4.81. The highest BCUT2D eigenvalue weighted by atomic mass is 32.1. The van der Waals surface area contributed by atoms with E-state index in [0.717, 1.165) is 30.1 Å². The van der Waals surface area contributed by atoms with E-state index in [1.54, 1.807) is 0 Å². The van der Waals surface area contributed by atoms with Crippen molar-refractivity contribution in [1.82, 2.24) is 19.2 Å². The summed E-state index contributed by atoms with van der Waals surface area (Å²) in [4.78, 5) is 3.97. The summed E-state index contributed by atoms with van der Waals surface area (Å²) < 4.78 is 4.69. The molecular formula is C19H22N4S2. The Balaban J connectivity index is 1.61. The van der Waals surface area contributed by atoms with Gasteiger partial charge in [-0.05, 0) is 68.0 Å². The molecule has 0 radical (unpaired) electrons. The molecule has 3 heterocycles. The van der Waals surface area contributed by atoms with E-state index < -0.39 is 0 Å². The van der Waals surface area contributed by atoms with E-state index in [-0.39, 0.29) is 0 Å². The number of benzene rings is 1. The third-order valence-electron chi connectivity index (χ3n) is 5.06. The van der Waals surface area contributed by atoms with E-state index in [0.29, 0.717) is 6.04 Å². The molecule has 3 aromatic rings. The van der Waals surface area contributed by atoms with Gasteiger partial charge >= 0.3 is 0 Å². The van der Waals surface area contributed by atoms with Crippen LogP contribution in [0.3, 0.4) is 0 Å². The monoisotopic (exact) mass is 370 g/mol. The zero-order valence-corrected chi connectivity index (χ0v) is 16.4. The van der Waals surface area contributed by atoms with Crippen molar-refractivity contribution >= 4 is 23.6 Å². The molecule has 4 rings (SSSR count). The van der Waals surface area contributed by atoms with Crippen molar-refractivity contribution in [2.75, 3.05) is 6.54 Å². The van der Waals surface area contributed by atoms with E-state index in [9.17, 15) is 0 Å². The van der Waals surface area contributed by atoms with Crippen LogP contribution in [-0.4, -0.2) is 25.8 Å². The van der Waals surface area contributed by atoms with Crippen molar-refractivity contribution < 1.29 is 0 Å². The molecular weight excluding hydrogens is 348 g/mol. The Morgan fingerprint density at radius 3 is 2.92 bits per heavy atom. The second-order valence-corrected chi connectivity index (χ2v) is 8.12. The molecule has 1 aromatic carbocycles. The topological polar surface area (TPSA) is 26.0 Å². The van der Waals surface area contributed by atoms with Crippen LogP contribution < -0.4 is 0 Å². The number of aryl methyl sites for hydroxylation is 2. The smallest absolute Gasteiger partial charge is 0.203 e. The highest BCUT2D eigenvalue weighted by molar-refractivity contribution is 7.71. The zero-order chi connectivity index (χ0) is 17.6. The predicted octanol–water partition coefficient (Wildman–Crippen LogP) is 4.66. The lowest BCUT2D eigenvalue weighted by Gasteiger charge is -2.33. The Morgan fingerprint density at radius 2 is 2.12 bits per heavy atom. The van der Waals surface area contributed by atoms with Crippen LogP contribution in [0, 0.1) is 18.6 Å². The average molecular weight is 371 g/mol. The van der Waals surface area contributed by atoms with Gasteiger partial charge in [-0.1, -0.05) is 17.7 Å². The molecule has 1 atom stereocenters. The zero-order valence-electron chi connectivity index (χ0n) is 14.8. The molecule has 1 aliphatic rings. The van der Waals surface area contributed by atoms with Gasteiger partial charge in [-0.25, -0.2) is 4.68 Å². The van der Waals surface area contributed by atoms with Crippen LogP contribution in [0.5, 0.6) is 0 Å². The van der Waals surface area contributed by atoms with Crippen LogP contribution in [0.4, 0.5) is 0 Å². The number of hydrogen-bond acceptors (Lipinski definition) is 4. The van der Waals surface area contributed by atoms with Gasteiger partial charge in [-0.2, -0.15) is 5.10 Å². The van der Waals surface area contributed by atoms with E-state index in [1.165, 1.54) is 21.6 Å². The summed E-state index contributed by atoms with van der Waals surface area (Å²) in [6, 6.07) is 9.08. The van der Waals surface area contributed by atoms with Gasteiger partial charge in [-0.15, -0.1) is 11.3 Å². The third kappa shape index (κ3) is 2.99. The summed E-state index contributed by atoms with van der Waals surface area (Å²) in [5.41, 5.74) is 5.03. The van der Waals surface area contributed by atoms with Crippen LogP contribution >= 0.6 is 23.6 Å². The summed E-state index contributed by atoms with van der Waals surface area (Å²) in [5, 5.41) is 6.76. The molecule has 0 fully saturated rings. The average Bonchev–Trinajstić information content (AvgIpc) is 3.19. The van der Waals surface area contributed by atoms with Gasteiger partial charge in [0.1, 0.15) is 6.33 Å². The molecule has 1 unspecified atom stereocenters. The Bertz CT molecular complexity index is 966. The van der Waals surface area contributed by atoms with Gasteiger partial charge < -0.3 is 0 Å². The highest BCUT2D eigenvalue weighted by Crippen LogP contribution is 2.33. The standard InChI is InChI=1S/C19H22N4S2/c1-13-4-5-17(14(2)10-13)22-11-20-23(19(22)24)12-21-8-6-18-16(15(21)3)7-9-25-18/h4-5,7,9-11,15H,6,8,12H2,1-3H3. The number of rotatable bonds is 3. The minimum atomic E-state index is 0.406. The molecule has 25 heavy (non-hydrogen) atoms. The van der Waals surface area contributed by atoms with Crippen molar-refractivity contribution in [1.29, 1.82) is 0 Å². The van der Waals surface area contributed by atoms with Crippen molar-refractivity contribution in [3.05, 3.63) is 62.3 Å². The van der Waals surface area contributed by atoms with Gasteiger partial charge in [0.15, 0.2) is 0 Å². The van der Waals surface area contributed by atoms with Crippen LogP contribution in [0.1, 0.15) is 34.5 Å². The Hall–Kier alpha value is -1.76. The molecule has 0 bridgehead atoms. The second-order valence-electron chi connectivity index (χ2n) is 6.75. The predicted molar refractivity (Wildman–Crippen MR) is 105 cm³/mol. The van der Waals surface area contributed by atoms with Crippen molar-refractivity contribution in [3.8, 4) is 5.69 Å². The fourth-order valence-electron chi connectivity index (χ4n) is 3.60. The quantitative estimate of drug-likeness (QED) is 0.627. The van der Waals surface area contributed by atoms with E-state index in [4.69, 9.17) is 12.2 Å². The number of aromatic nitrogens is 3. The highest BCUT2D eigenvalue weighted by Gasteiger charge is 2.25. The Kier molecular flexibility index (Phi) is 4.35. The van der Waals surface area contributed by atoms with Crippen molar-refractivity contribution in [3.63, 3.8) is 0 Å². The van der Waals surface area contributed by atoms with Crippen LogP contribution in [0.2, 0.25) is 0 Å². The molecule has 0 saturated carbocycles. The molecule has 2 aromatic heterocycles. The maximum absolute atomic E-state index is 5.71. The van der Waals surface area contributed by atoms with Crippen molar-refractivity contribution in [2.45, 2.75) is 39.9 Å². The summed E-state index contributed by atoms with van der Waals surface area (Å²) in [5.74, 6) is 0. The maximum atomic E-state index is 5.71. The summed E-state index contributed by atoms with van der Waals surface area (Å²) >= 11 is 7.58. The van der Waals surface area contributed by atoms with Gasteiger partial charge in [0.2, 0.25) is 4.77 Å². The normalized spacial score (nSPS) is 17.6. The molecule has 0 spiro atoms. The van der Waals surface area contributed by atoms with Gasteiger partial charge in [0, 0.05) is 17.5 Å². The third-order valence-corrected chi connectivity index (χ3v) is 6.47. The largest absolute Gasteiger partial charge is 0.277 e. The molecule has 0 saturated heterocycles.